The lowest BCUT2D eigenvalue weighted by Gasteiger charge is -2.36. The lowest BCUT2D eigenvalue weighted by Crippen LogP contribution is -2.41. The zero-order valence-electron chi connectivity index (χ0n) is 11.6. The summed E-state index contributed by atoms with van der Waals surface area (Å²) in [7, 11) is 0. The van der Waals surface area contributed by atoms with E-state index in [1.54, 1.807) is 0 Å². The van der Waals surface area contributed by atoms with Gasteiger partial charge in [-0.25, -0.2) is 4.68 Å². The molecule has 2 aliphatic heterocycles. The Bertz CT molecular complexity index is 446. The molecular weight excluding hydrogens is 244 g/mol. The van der Waals surface area contributed by atoms with Crippen molar-refractivity contribution in [2.24, 2.45) is 5.73 Å². The molecule has 0 aliphatic carbocycles. The molecule has 106 valence electrons. The average Bonchev–Trinajstić information content (AvgIpc) is 2.98. The van der Waals surface area contributed by atoms with E-state index in [9.17, 15) is 0 Å². The molecule has 1 aromatic rings. The van der Waals surface area contributed by atoms with Gasteiger partial charge in [0.1, 0.15) is 5.69 Å². The molecule has 0 aromatic carbocycles. The molecule has 19 heavy (non-hydrogen) atoms. The minimum absolute atomic E-state index is 0.104. The molecule has 1 spiro atoms. The normalized spacial score (nSPS) is 32.1. The quantitative estimate of drug-likeness (QED) is 0.863. The first-order chi connectivity index (χ1) is 8.99. The highest BCUT2D eigenvalue weighted by Crippen LogP contribution is 2.37. The van der Waals surface area contributed by atoms with E-state index in [0.29, 0.717) is 12.6 Å². The van der Waals surface area contributed by atoms with Crippen LogP contribution in [-0.4, -0.2) is 40.4 Å². The van der Waals surface area contributed by atoms with Crippen LogP contribution < -0.4 is 5.73 Å². The zero-order chi connectivity index (χ0) is 13.5. The maximum atomic E-state index is 6.05. The summed E-state index contributed by atoms with van der Waals surface area (Å²) in [5.74, 6) is 0. The molecule has 0 saturated carbocycles. The minimum atomic E-state index is -0.447. The van der Waals surface area contributed by atoms with E-state index >= 15 is 0 Å². The molecule has 0 amide bonds. The van der Waals surface area contributed by atoms with Crippen molar-refractivity contribution in [1.82, 2.24) is 15.0 Å². The van der Waals surface area contributed by atoms with Crippen LogP contribution in [0.25, 0.3) is 0 Å². The summed E-state index contributed by atoms with van der Waals surface area (Å²) < 4.78 is 13.4. The Balaban J connectivity index is 1.76. The molecule has 3 rings (SSSR count). The molecule has 0 bridgehead atoms. The van der Waals surface area contributed by atoms with Gasteiger partial charge >= 0.3 is 0 Å². The molecule has 2 saturated heterocycles. The number of ether oxygens (including phenoxy) is 2. The number of nitrogens with two attached hydrogens (primary N) is 1. The van der Waals surface area contributed by atoms with Crippen LogP contribution in [0.1, 0.15) is 44.8 Å². The summed E-state index contributed by atoms with van der Waals surface area (Å²) in [6.45, 7) is 6.14. The van der Waals surface area contributed by atoms with Crippen molar-refractivity contribution in [2.45, 2.75) is 50.3 Å². The van der Waals surface area contributed by atoms with E-state index in [-0.39, 0.29) is 5.60 Å². The van der Waals surface area contributed by atoms with E-state index in [0.717, 1.165) is 38.2 Å². The van der Waals surface area contributed by atoms with Crippen molar-refractivity contribution in [3.05, 3.63) is 11.9 Å². The Morgan fingerprint density at radius 2 is 2.32 bits per heavy atom. The van der Waals surface area contributed by atoms with Gasteiger partial charge in [0.15, 0.2) is 0 Å². The Kier molecular flexibility index (Phi) is 3.11. The average molecular weight is 266 g/mol. The number of nitrogens with zero attached hydrogens (tertiary/aromatic N) is 3. The van der Waals surface area contributed by atoms with Crippen LogP contribution in [0.5, 0.6) is 0 Å². The Hall–Kier alpha value is -0.980. The molecule has 2 N–H and O–H groups in total. The first-order valence-corrected chi connectivity index (χ1v) is 6.91. The summed E-state index contributed by atoms with van der Waals surface area (Å²) in [6, 6.07) is 0.332. The zero-order valence-corrected chi connectivity index (χ0v) is 11.6. The van der Waals surface area contributed by atoms with Crippen molar-refractivity contribution < 1.29 is 9.47 Å². The van der Waals surface area contributed by atoms with Gasteiger partial charge in [0, 0.05) is 26.1 Å². The molecule has 0 radical (unpaired) electrons. The summed E-state index contributed by atoms with van der Waals surface area (Å²) in [5, 5.41) is 8.44. The second-order valence-electron chi connectivity index (χ2n) is 6.29. The van der Waals surface area contributed by atoms with Crippen molar-refractivity contribution in [1.29, 1.82) is 0 Å². The highest BCUT2D eigenvalue weighted by atomic mass is 16.6. The van der Waals surface area contributed by atoms with Crippen LogP contribution in [0, 0.1) is 0 Å². The third kappa shape index (κ3) is 2.52. The lowest BCUT2D eigenvalue weighted by molar-refractivity contribution is -0.0964. The molecule has 1 aromatic heterocycles. The van der Waals surface area contributed by atoms with Crippen LogP contribution in [0.4, 0.5) is 0 Å². The first-order valence-electron chi connectivity index (χ1n) is 6.91. The van der Waals surface area contributed by atoms with Crippen LogP contribution in [-0.2, 0) is 15.0 Å². The smallest absolute Gasteiger partial charge is 0.102 e. The summed E-state index contributed by atoms with van der Waals surface area (Å²) >= 11 is 0. The topological polar surface area (TPSA) is 75.2 Å². The summed E-state index contributed by atoms with van der Waals surface area (Å²) in [4.78, 5) is 0. The molecular formula is C13H22N4O2. The third-order valence-corrected chi connectivity index (χ3v) is 4.08. The van der Waals surface area contributed by atoms with Gasteiger partial charge in [-0.15, -0.1) is 5.10 Å². The van der Waals surface area contributed by atoms with E-state index in [4.69, 9.17) is 15.2 Å². The molecule has 2 fully saturated rings. The minimum Gasteiger partial charge on any atom is -0.378 e. The van der Waals surface area contributed by atoms with Gasteiger partial charge in [-0.1, -0.05) is 5.21 Å². The molecule has 3 heterocycles. The molecule has 2 unspecified atom stereocenters. The summed E-state index contributed by atoms with van der Waals surface area (Å²) in [5.41, 5.74) is 6.33. The largest absolute Gasteiger partial charge is 0.378 e. The van der Waals surface area contributed by atoms with Crippen LogP contribution >= 0.6 is 0 Å². The number of aromatic nitrogens is 3. The lowest BCUT2D eigenvalue weighted by atomic mass is 9.90. The fourth-order valence-electron chi connectivity index (χ4n) is 2.84. The Morgan fingerprint density at radius 1 is 1.47 bits per heavy atom. The third-order valence-electron chi connectivity index (χ3n) is 4.08. The van der Waals surface area contributed by atoms with E-state index in [2.05, 4.69) is 10.3 Å². The number of hydrogen-bond donors (Lipinski definition) is 1. The first kappa shape index (κ1) is 13.0. The fraction of sp³-hybridized carbons (Fsp3) is 0.846. The van der Waals surface area contributed by atoms with Crippen molar-refractivity contribution in [3.8, 4) is 0 Å². The Morgan fingerprint density at radius 3 is 2.95 bits per heavy atom. The summed E-state index contributed by atoms with van der Waals surface area (Å²) in [6.07, 6.45) is 4.86. The van der Waals surface area contributed by atoms with Gasteiger partial charge < -0.3 is 15.2 Å². The molecule has 6 heteroatoms. The monoisotopic (exact) mass is 266 g/mol. The van der Waals surface area contributed by atoms with E-state index < -0.39 is 5.54 Å². The standard InChI is InChI=1S/C13H22N4O2/c1-12(2,14)11-8-17(16-15-11)10-3-5-19-13(7-10)4-6-18-9-13/h8,10H,3-7,9,14H2,1-2H3. The van der Waals surface area contributed by atoms with Gasteiger partial charge in [0.2, 0.25) is 0 Å². The van der Waals surface area contributed by atoms with Crippen molar-refractivity contribution in [2.75, 3.05) is 19.8 Å². The maximum absolute atomic E-state index is 6.05. The van der Waals surface area contributed by atoms with Gasteiger partial charge in [-0.05, 0) is 20.3 Å². The van der Waals surface area contributed by atoms with Gasteiger partial charge in [0.25, 0.3) is 0 Å². The van der Waals surface area contributed by atoms with Crippen LogP contribution in [0.15, 0.2) is 6.20 Å². The van der Waals surface area contributed by atoms with E-state index in [1.807, 2.05) is 24.7 Å². The van der Waals surface area contributed by atoms with Crippen LogP contribution in [0.2, 0.25) is 0 Å². The van der Waals surface area contributed by atoms with E-state index in [1.165, 1.54) is 0 Å². The highest BCUT2D eigenvalue weighted by Gasteiger charge is 2.42. The predicted molar refractivity (Wildman–Crippen MR) is 69.6 cm³/mol. The SMILES string of the molecule is CC(C)(N)c1cn(C2CCOC3(CCOC3)C2)nn1. The second kappa shape index (κ2) is 4.54. The molecule has 2 aliphatic rings. The van der Waals surface area contributed by atoms with Gasteiger partial charge in [-0.3, -0.25) is 0 Å². The van der Waals surface area contributed by atoms with Crippen LogP contribution in [0.3, 0.4) is 0 Å². The number of hydrogen-bond acceptors (Lipinski definition) is 5. The molecule has 2 atom stereocenters. The Labute approximate surface area is 113 Å². The van der Waals surface area contributed by atoms with Gasteiger partial charge in [-0.2, -0.15) is 0 Å². The molecule has 6 nitrogen and oxygen atoms in total. The fourth-order valence-corrected chi connectivity index (χ4v) is 2.84. The second-order valence-corrected chi connectivity index (χ2v) is 6.29. The maximum Gasteiger partial charge on any atom is 0.102 e. The van der Waals surface area contributed by atoms with Crippen molar-refractivity contribution in [3.63, 3.8) is 0 Å². The predicted octanol–water partition coefficient (Wildman–Crippen LogP) is 0.982. The van der Waals surface area contributed by atoms with Crippen molar-refractivity contribution >= 4 is 0 Å². The number of rotatable bonds is 2. The van der Waals surface area contributed by atoms with Gasteiger partial charge in [0.05, 0.1) is 30.0 Å². The highest BCUT2D eigenvalue weighted by molar-refractivity contribution is 5.06.